The van der Waals surface area contributed by atoms with Crippen LogP contribution in [0.4, 0.5) is 0 Å². The highest BCUT2D eigenvalue weighted by molar-refractivity contribution is 5.72. The maximum atomic E-state index is 11.7. The molecule has 0 N–H and O–H groups in total. The van der Waals surface area contributed by atoms with Gasteiger partial charge in [0.2, 0.25) is 0 Å². The van der Waals surface area contributed by atoms with Gasteiger partial charge in [-0.3, -0.25) is 4.79 Å². The van der Waals surface area contributed by atoms with Crippen molar-refractivity contribution in [2.24, 2.45) is 5.92 Å². The third-order valence-corrected chi connectivity index (χ3v) is 2.91. The number of ether oxygens (including phenoxy) is 1. The first-order valence-electron chi connectivity index (χ1n) is 6.45. The molecule has 0 amide bonds. The van der Waals surface area contributed by atoms with Gasteiger partial charge >= 0.3 is 5.97 Å². The number of esters is 1. The lowest BCUT2D eigenvalue weighted by molar-refractivity contribution is -0.147. The molecule has 1 aromatic carbocycles. The SMILES string of the molecule is CCOC(=O)C(C)Cn1ccnc1-c1ccccc1. The Labute approximate surface area is 113 Å². The summed E-state index contributed by atoms with van der Waals surface area (Å²) in [5, 5.41) is 0. The number of rotatable bonds is 5. The fraction of sp³-hybridized carbons (Fsp3) is 0.333. The zero-order chi connectivity index (χ0) is 13.7. The Morgan fingerprint density at radius 1 is 1.37 bits per heavy atom. The summed E-state index contributed by atoms with van der Waals surface area (Å²) in [6.07, 6.45) is 3.64. The smallest absolute Gasteiger partial charge is 0.310 e. The second kappa shape index (κ2) is 6.18. The van der Waals surface area contributed by atoms with Gasteiger partial charge in [0, 0.05) is 24.5 Å². The minimum absolute atomic E-state index is 0.171. The normalized spacial score (nSPS) is 12.1. The van der Waals surface area contributed by atoms with Crippen molar-refractivity contribution < 1.29 is 9.53 Å². The van der Waals surface area contributed by atoms with Crippen molar-refractivity contribution in [3.05, 3.63) is 42.7 Å². The summed E-state index contributed by atoms with van der Waals surface area (Å²) in [5.74, 6) is 0.517. The number of nitrogens with zero attached hydrogens (tertiary/aromatic N) is 2. The number of aromatic nitrogens is 2. The van der Waals surface area contributed by atoms with E-state index < -0.39 is 0 Å². The van der Waals surface area contributed by atoms with Crippen LogP contribution in [0, 0.1) is 5.92 Å². The summed E-state index contributed by atoms with van der Waals surface area (Å²) >= 11 is 0. The van der Waals surface area contributed by atoms with Crippen molar-refractivity contribution in [3.63, 3.8) is 0 Å². The molecular weight excluding hydrogens is 240 g/mol. The molecular formula is C15H18N2O2. The average molecular weight is 258 g/mol. The minimum atomic E-state index is -0.184. The van der Waals surface area contributed by atoms with Crippen LogP contribution in [-0.2, 0) is 16.1 Å². The molecule has 0 bridgehead atoms. The standard InChI is InChI=1S/C15H18N2O2/c1-3-19-15(18)12(2)11-17-10-9-16-14(17)13-7-5-4-6-8-13/h4-10,12H,3,11H2,1-2H3. The third-order valence-electron chi connectivity index (χ3n) is 2.91. The Bertz CT molecular complexity index is 534. The van der Waals surface area contributed by atoms with E-state index in [-0.39, 0.29) is 11.9 Å². The van der Waals surface area contributed by atoms with Gasteiger partial charge in [-0.05, 0) is 6.92 Å². The lowest BCUT2D eigenvalue weighted by Crippen LogP contribution is -2.20. The van der Waals surface area contributed by atoms with Gasteiger partial charge in [0.15, 0.2) is 0 Å². The third kappa shape index (κ3) is 3.22. The highest BCUT2D eigenvalue weighted by Gasteiger charge is 2.16. The molecule has 1 atom stereocenters. The zero-order valence-corrected chi connectivity index (χ0v) is 11.2. The Hall–Kier alpha value is -2.10. The van der Waals surface area contributed by atoms with Crippen LogP contribution < -0.4 is 0 Å². The maximum Gasteiger partial charge on any atom is 0.310 e. The largest absolute Gasteiger partial charge is 0.466 e. The molecule has 1 heterocycles. The number of imidazole rings is 1. The van der Waals surface area contributed by atoms with Crippen LogP contribution in [0.15, 0.2) is 42.7 Å². The lowest BCUT2D eigenvalue weighted by atomic mass is 10.1. The second-order valence-electron chi connectivity index (χ2n) is 4.42. The van der Waals surface area contributed by atoms with Crippen LogP contribution >= 0.6 is 0 Å². The van der Waals surface area contributed by atoms with E-state index in [0.717, 1.165) is 11.4 Å². The highest BCUT2D eigenvalue weighted by atomic mass is 16.5. The molecule has 0 aliphatic rings. The van der Waals surface area contributed by atoms with Crippen LogP contribution in [0.25, 0.3) is 11.4 Å². The van der Waals surface area contributed by atoms with Crippen molar-refractivity contribution in [2.45, 2.75) is 20.4 Å². The first-order chi connectivity index (χ1) is 9.22. The molecule has 1 unspecified atom stereocenters. The Balaban J connectivity index is 2.15. The highest BCUT2D eigenvalue weighted by Crippen LogP contribution is 2.18. The summed E-state index contributed by atoms with van der Waals surface area (Å²) < 4.78 is 7.01. The monoisotopic (exact) mass is 258 g/mol. The van der Waals surface area contributed by atoms with Gasteiger partial charge in [-0.15, -0.1) is 0 Å². The molecule has 19 heavy (non-hydrogen) atoms. The minimum Gasteiger partial charge on any atom is -0.466 e. The molecule has 0 radical (unpaired) electrons. The maximum absolute atomic E-state index is 11.7. The van der Waals surface area contributed by atoms with Crippen LogP contribution in [0.5, 0.6) is 0 Å². The second-order valence-corrected chi connectivity index (χ2v) is 4.42. The van der Waals surface area contributed by atoms with Gasteiger partial charge in [0.05, 0.1) is 12.5 Å². The van der Waals surface area contributed by atoms with Crippen molar-refractivity contribution >= 4 is 5.97 Å². The van der Waals surface area contributed by atoms with Gasteiger partial charge < -0.3 is 9.30 Å². The molecule has 0 fully saturated rings. The van der Waals surface area contributed by atoms with E-state index in [1.165, 1.54) is 0 Å². The number of carbonyl (C=O) groups is 1. The van der Waals surface area contributed by atoms with Gasteiger partial charge in [0.25, 0.3) is 0 Å². The van der Waals surface area contributed by atoms with Crippen LogP contribution in [-0.4, -0.2) is 22.1 Å². The van der Waals surface area contributed by atoms with Crippen LogP contribution in [0.3, 0.4) is 0 Å². The molecule has 4 heteroatoms. The number of benzene rings is 1. The number of hydrogen-bond acceptors (Lipinski definition) is 3. The topological polar surface area (TPSA) is 44.1 Å². The summed E-state index contributed by atoms with van der Waals surface area (Å²) in [4.78, 5) is 16.0. The molecule has 4 nitrogen and oxygen atoms in total. The van der Waals surface area contributed by atoms with Crippen LogP contribution in [0.1, 0.15) is 13.8 Å². The van der Waals surface area contributed by atoms with E-state index in [1.54, 1.807) is 6.20 Å². The average Bonchev–Trinajstić information content (AvgIpc) is 2.88. The summed E-state index contributed by atoms with van der Waals surface area (Å²) in [7, 11) is 0. The van der Waals surface area contributed by atoms with Gasteiger partial charge in [0.1, 0.15) is 5.82 Å². The first-order valence-corrected chi connectivity index (χ1v) is 6.45. The first kappa shape index (κ1) is 13.3. The molecule has 2 rings (SSSR count). The fourth-order valence-corrected chi connectivity index (χ4v) is 1.96. The fourth-order valence-electron chi connectivity index (χ4n) is 1.96. The summed E-state index contributed by atoms with van der Waals surface area (Å²) in [6, 6.07) is 9.94. The van der Waals surface area contributed by atoms with E-state index in [2.05, 4.69) is 4.98 Å². The number of hydrogen-bond donors (Lipinski definition) is 0. The van der Waals surface area contributed by atoms with Crippen molar-refractivity contribution in [2.75, 3.05) is 6.61 Å². The quantitative estimate of drug-likeness (QED) is 0.774. The Morgan fingerprint density at radius 2 is 2.11 bits per heavy atom. The van der Waals surface area contributed by atoms with Crippen LogP contribution in [0.2, 0.25) is 0 Å². The van der Waals surface area contributed by atoms with E-state index in [1.807, 2.05) is 54.9 Å². The molecule has 0 saturated heterocycles. The van der Waals surface area contributed by atoms with E-state index in [4.69, 9.17) is 4.74 Å². The van der Waals surface area contributed by atoms with Crippen molar-refractivity contribution in [1.29, 1.82) is 0 Å². The van der Waals surface area contributed by atoms with Gasteiger partial charge in [-0.1, -0.05) is 37.3 Å². The molecule has 2 aromatic rings. The summed E-state index contributed by atoms with van der Waals surface area (Å²) in [6.45, 7) is 4.67. The van der Waals surface area contributed by atoms with E-state index in [9.17, 15) is 4.79 Å². The molecule has 1 aromatic heterocycles. The lowest BCUT2D eigenvalue weighted by Gasteiger charge is -2.13. The van der Waals surface area contributed by atoms with Gasteiger partial charge in [-0.2, -0.15) is 0 Å². The Kier molecular flexibility index (Phi) is 4.34. The van der Waals surface area contributed by atoms with Crippen molar-refractivity contribution in [3.8, 4) is 11.4 Å². The number of carbonyl (C=O) groups excluding carboxylic acids is 1. The molecule has 0 aliphatic heterocycles. The van der Waals surface area contributed by atoms with Crippen molar-refractivity contribution in [1.82, 2.24) is 9.55 Å². The van der Waals surface area contributed by atoms with Gasteiger partial charge in [-0.25, -0.2) is 4.98 Å². The molecule has 100 valence electrons. The predicted octanol–water partition coefficient (Wildman–Crippen LogP) is 2.75. The van der Waals surface area contributed by atoms with E-state index in [0.29, 0.717) is 13.2 Å². The Morgan fingerprint density at radius 3 is 2.79 bits per heavy atom. The molecule has 0 spiro atoms. The zero-order valence-electron chi connectivity index (χ0n) is 11.2. The molecule has 0 saturated carbocycles. The summed E-state index contributed by atoms with van der Waals surface area (Å²) in [5.41, 5.74) is 1.04. The molecule has 0 aliphatic carbocycles. The predicted molar refractivity (Wildman–Crippen MR) is 73.5 cm³/mol. The van der Waals surface area contributed by atoms with E-state index >= 15 is 0 Å².